The molecule has 2 rings (SSSR count). The van der Waals surface area contributed by atoms with E-state index in [4.69, 9.17) is 11.5 Å². The summed E-state index contributed by atoms with van der Waals surface area (Å²) in [5, 5.41) is 3.27. The van der Waals surface area contributed by atoms with Crippen molar-refractivity contribution in [2.45, 2.75) is 31.7 Å². The molecular formula is C11H16BrN5O. The Morgan fingerprint density at radius 2 is 2.06 bits per heavy atom. The number of aromatic nitrogens is 2. The first-order valence-corrected chi connectivity index (χ1v) is 6.69. The molecule has 0 spiro atoms. The Kier molecular flexibility index (Phi) is 4.00. The van der Waals surface area contributed by atoms with Gasteiger partial charge in [-0.15, -0.1) is 0 Å². The van der Waals surface area contributed by atoms with Gasteiger partial charge in [0, 0.05) is 12.0 Å². The van der Waals surface area contributed by atoms with Crippen LogP contribution in [0, 0.1) is 5.92 Å². The van der Waals surface area contributed by atoms with Crippen LogP contribution < -0.4 is 16.8 Å². The van der Waals surface area contributed by atoms with Gasteiger partial charge in [-0.1, -0.05) is 0 Å². The minimum absolute atomic E-state index is 0.00832. The number of hydrogen-bond acceptors (Lipinski definition) is 5. The van der Waals surface area contributed by atoms with Gasteiger partial charge >= 0.3 is 0 Å². The highest BCUT2D eigenvalue weighted by Gasteiger charge is 2.25. The molecule has 6 nitrogen and oxygen atoms in total. The smallest absolute Gasteiger partial charge is 0.220 e. The first kappa shape index (κ1) is 13.1. The Labute approximate surface area is 114 Å². The lowest BCUT2D eigenvalue weighted by atomic mass is 9.85. The predicted octanol–water partition coefficient (Wildman–Crippen LogP) is 1.28. The molecule has 0 bridgehead atoms. The van der Waals surface area contributed by atoms with E-state index in [2.05, 4.69) is 31.2 Å². The molecule has 18 heavy (non-hydrogen) atoms. The Bertz CT molecular complexity index is 445. The van der Waals surface area contributed by atoms with Crippen LogP contribution in [0.5, 0.6) is 0 Å². The minimum atomic E-state index is -0.199. The Balaban J connectivity index is 1.95. The minimum Gasteiger partial charge on any atom is -0.381 e. The number of nitrogens with zero attached hydrogens (tertiary/aromatic N) is 2. The quantitative estimate of drug-likeness (QED) is 0.779. The van der Waals surface area contributed by atoms with Crippen molar-refractivity contribution in [3.63, 3.8) is 0 Å². The number of primary amides is 1. The first-order valence-electron chi connectivity index (χ1n) is 5.90. The molecule has 0 saturated heterocycles. The van der Waals surface area contributed by atoms with E-state index in [1.54, 1.807) is 6.20 Å². The molecule has 1 aliphatic rings. The van der Waals surface area contributed by atoms with Gasteiger partial charge in [0.15, 0.2) is 11.6 Å². The zero-order chi connectivity index (χ0) is 13.1. The molecule has 5 N–H and O–H groups in total. The summed E-state index contributed by atoms with van der Waals surface area (Å²) in [6.45, 7) is 0. The summed E-state index contributed by atoms with van der Waals surface area (Å²) in [4.78, 5) is 19.3. The molecule has 0 aromatic carbocycles. The second-order valence-electron chi connectivity index (χ2n) is 4.52. The maximum atomic E-state index is 11.1. The molecular weight excluding hydrogens is 298 g/mol. The summed E-state index contributed by atoms with van der Waals surface area (Å²) in [6, 6.07) is 0.270. The van der Waals surface area contributed by atoms with Gasteiger partial charge in [0.05, 0.1) is 6.20 Å². The number of halogens is 1. The summed E-state index contributed by atoms with van der Waals surface area (Å²) in [5.74, 6) is 0.784. The maximum Gasteiger partial charge on any atom is 0.220 e. The molecule has 1 heterocycles. The van der Waals surface area contributed by atoms with Crippen molar-refractivity contribution >= 4 is 33.5 Å². The van der Waals surface area contributed by atoms with Crippen LogP contribution in [0.2, 0.25) is 0 Å². The normalized spacial score (nSPS) is 23.6. The Hall–Kier alpha value is -1.37. The van der Waals surface area contributed by atoms with Crippen LogP contribution >= 0.6 is 15.9 Å². The molecule has 1 fully saturated rings. The van der Waals surface area contributed by atoms with Crippen molar-refractivity contribution in [1.82, 2.24) is 9.97 Å². The van der Waals surface area contributed by atoms with E-state index in [0.717, 1.165) is 25.7 Å². The molecule has 0 radical (unpaired) electrons. The average Bonchev–Trinajstić information content (AvgIpc) is 2.34. The highest BCUT2D eigenvalue weighted by atomic mass is 79.9. The fourth-order valence-corrected chi connectivity index (χ4v) is 2.48. The SMILES string of the molecule is NC(=O)C1CCC(Nc2nc(Br)cnc2N)CC1. The van der Waals surface area contributed by atoms with Crippen LogP contribution in [0.3, 0.4) is 0 Å². The van der Waals surface area contributed by atoms with Gasteiger partial charge < -0.3 is 16.8 Å². The van der Waals surface area contributed by atoms with Gasteiger partial charge in [0.2, 0.25) is 5.91 Å². The van der Waals surface area contributed by atoms with E-state index in [9.17, 15) is 4.79 Å². The molecule has 1 aromatic rings. The van der Waals surface area contributed by atoms with Crippen molar-refractivity contribution in [2.24, 2.45) is 11.7 Å². The van der Waals surface area contributed by atoms with Crippen molar-refractivity contribution < 1.29 is 4.79 Å². The Morgan fingerprint density at radius 1 is 1.39 bits per heavy atom. The van der Waals surface area contributed by atoms with Crippen molar-refractivity contribution in [3.8, 4) is 0 Å². The van der Waals surface area contributed by atoms with Gasteiger partial charge in [-0.05, 0) is 41.6 Å². The second kappa shape index (κ2) is 5.51. The molecule has 1 aliphatic carbocycles. The number of nitrogens with two attached hydrogens (primary N) is 2. The average molecular weight is 314 g/mol. The van der Waals surface area contributed by atoms with Crippen LogP contribution in [0.4, 0.5) is 11.6 Å². The van der Waals surface area contributed by atoms with Crippen LogP contribution in [-0.2, 0) is 4.79 Å². The van der Waals surface area contributed by atoms with Gasteiger partial charge in [-0.25, -0.2) is 9.97 Å². The predicted molar refractivity (Wildman–Crippen MR) is 72.7 cm³/mol. The largest absolute Gasteiger partial charge is 0.381 e. The number of carbonyl (C=O) groups excluding carboxylic acids is 1. The summed E-state index contributed by atoms with van der Waals surface area (Å²) in [7, 11) is 0. The Morgan fingerprint density at radius 3 is 2.67 bits per heavy atom. The highest BCUT2D eigenvalue weighted by molar-refractivity contribution is 9.10. The third-order valence-electron chi connectivity index (χ3n) is 3.24. The zero-order valence-electron chi connectivity index (χ0n) is 9.90. The van der Waals surface area contributed by atoms with Crippen LogP contribution in [-0.4, -0.2) is 21.9 Å². The lowest BCUT2D eigenvalue weighted by molar-refractivity contribution is -0.122. The monoisotopic (exact) mass is 313 g/mol. The lowest BCUT2D eigenvalue weighted by Crippen LogP contribution is -2.32. The number of nitrogen functional groups attached to an aromatic ring is 1. The van der Waals surface area contributed by atoms with E-state index in [1.165, 1.54) is 0 Å². The molecule has 0 atom stereocenters. The number of hydrogen-bond donors (Lipinski definition) is 3. The van der Waals surface area contributed by atoms with E-state index in [-0.39, 0.29) is 17.9 Å². The van der Waals surface area contributed by atoms with Gasteiger partial charge in [-0.2, -0.15) is 0 Å². The third kappa shape index (κ3) is 3.10. The number of nitrogens with one attached hydrogen (secondary N) is 1. The topological polar surface area (TPSA) is 107 Å². The molecule has 0 aliphatic heterocycles. The number of anilines is 2. The summed E-state index contributed by atoms with van der Waals surface area (Å²) < 4.78 is 0.644. The van der Waals surface area contributed by atoms with Crippen LogP contribution in [0.1, 0.15) is 25.7 Å². The summed E-state index contributed by atoms with van der Waals surface area (Å²) in [5.41, 5.74) is 11.1. The van der Waals surface area contributed by atoms with Crippen molar-refractivity contribution in [2.75, 3.05) is 11.1 Å². The summed E-state index contributed by atoms with van der Waals surface area (Å²) >= 11 is 3.26. The molecule has 98 valence electrons. The zero-order valence-corrected chi connectivity index (χ0v) is 11.5. The molecule has 7 heteroatoms. The fourth-order valence-electron chi connectivity index (χ4n) is 2.20. The van der Waals surface area contributed by atoms with Crippen molar-refractivity contribution in [1.29, 1.82) is 0 Å². The van der Waals surface area contributed by atoms with E-state index in [0.29, 0.717) is 16.2 Å². The van der Waals surface area contributed by atoms with Gasteiger partial charge in [-0.3, -0.25) is 4.79 Å². The molecule has 1 saturated carbocycles. The van der Waals surface area contributed by atoms with E-state index >= 15 is 0 Å². The van der Waals surface area contributed by atoms with Gasteiger partial charge in [0.25, 0.3) is 0 Å². The number of carbonyl (C=O) groups is 1. The van der Waals surface area contributed by atoms with Crippen LogP contribution in [0.25, 0.3) is 0 Å². The number of amides is 1. The summed E-state index contributed by atoms with van der Waals surface area (Å²) in [6.07, 6.45) is 4.97. The van der Waals surface area contributed by atoms with Gasteiger partial charge in [0.1, 0.15) is 4.60 Å². The van der Waals surface area contributed by atoms with E-state index in [1.807, 2.05) is 0 Å². The number of rotatable bonds is 3. The second-order valence-corrected chi connectivity index (χ2v) is 5.33. The molecule has 1 amide bonds. The highest BCUT2D eigenvalue weighted by Crippen LogP contribution is 2.27. The molecule has 0 unspecified atom stereocenters. The first-order chi connectivity index (χ1) is 8.56. The fraction of sp³-hybridized carbons (Fsp3) is 0.545. The van der Waals surface area contributed by atoms with Crippen molar-refractivity contribution in [3.05, 3.63) is 10.8 Å². The maximum absolute atomic E-state index is 11.1. The standard InChI is InChI=1S/C11H16BrN5O/c12-8-5-15-9(13)11(17-8)16-7-3-1-6(2-4-7)10(14)18/h5-7H,1-4H2,(H2,13,15)(H2,14,18)(H,16,17). The van der Waals surface area contributed by atoms with E-state index < -0.39 is 0 Å². The molecule has 1 aromatic heterocycles. The lowest BCUT2D eigenvalue weighted by Gasteiger charge is -2.27. The van der Waals surface area contributed by atoms with Crippen LogP contribution in [0.15, 0.2) is 10.8 Å². The third-order valence-corrected chi connectivity index (χ3v) is 3.62.